The maximum Gasteiger partial charge on any atom is 0.312 e. The Morgan fingerprint density at radius 2 is 1.57 bits per heavy atom. The van der Waals surface area contributed by atoms with Gasteiger partial charge in [0.05, 0.1) is 0 Å². The summed E-state index contributed by atoms with van der Waals surface area (Å²) in [7, 11) is 0. The molecule has 0 fully saturated rings. The molecule has 11 nitrogen and oxygen atoms in total. The zero-order valence-electron chi connectivity index (χ0n) is 19.2. The first-order valence-electron chi connectivity index (χ1n) is 11.1. The number of rotatable bonds is 11. The lowest BCUT2D eigenvalue weighted by Gasteiger charge is -2.18. The van der Waals surface area contributed by atoms with Gasteiger partial charge in [0.15, 0.2) is 5.96 Å². The molecule has 11 heteroatoms. The number of amides is 4. The highest BCUT2D eigenvalue weighted by Gasteiger charge is 2.22. The number of aromatic nitrogens is 1. The van der Waals surface area contributed by atoms with Crippen LogP contribution in [0.15, 0.2) is 59.6 Å². The molecule has 4 amide bonds. The molecule has 2 aromatic carbocycles. The lowest BCUT2D eigenvalue weighted by molar-refractivity contribution is -0.123. The van der Waals surface area contributed by atoms with Crippen LogP contribution in [-0.2, 0) is 17.9 Å². The Hall–Kier alpha value is -4.54. The minimum Gasteiger partial charge on any atom is -0.370 e. The summed E-state index contributed by atoms with van der Waals surface area (Å²) in [4.78, 5) is 43.6. The van der Waals surface area contributed by atoms with E-state index in [1.165, 1.54) is 0 Å². The molecule has 3 aromatic rings. The predicted octanol–water partition coefficient (Wildman–Crippen LogP) is 0.805. The van der Waals surface area contributed by atoms with Gasteiger partial charge in [-0.15, -0.1) is 0 Å². The van der Waals surface area contributed by atoms with Gasteiger partial charge in [0, 0.05) is 30.5 Å². The summed E-state index contributed by atoms with van der Waals surface area (Å²) >= 11 is 0. The van der Waals surface area contributed by atoms with Crippen LogP contribution in [0.1, 0.15) is 34.5 Å². The molecule has 1 atom stereocenters. The highest BCUT2D eigenvalue weighted by molar-refractivity contribution is 6.00. The average Bonchev–Trinajstić information content (AvgIpc) is 3.28. The summed E-state index contributed by atoms with van der Waals surface area (Å²) in [6.07, 6.45) is 0.858. The van der Waals surface area contributed by atoms with Gasteiger partial charge in [-0.2, -0.15) is 0 Å². The summed E-state index contributed by atoms with van der Waals surface area (Å²) in [5.41, 5.74) is 18.8. The number of hydrogen-bond donors (Lipinski definition) is 7. The first-order valence-corrected chi connectivity index (χ1v) is 11.1. The number of nitrogens with one attached hydrogen (secondary N) is 4. The van der Waals surface area contributed by atoms with Gasteiger partial charge in [-0.05, 0) is 36.1 Å². The maximum atomic E-state index is 12.9. The molecule has 0 saturated heterocycles. The Balaban J connectivity index is 1.62. The van der Waals surface area contributed by atoms with E-state index in [2.05, 4.69) is 25.9 Å². The van der Waals surface area contributed by atoms with Crippen LogP contribution < -0.4 is 33.2 Å². The molecule has 0 aliphatic heterocycles. The van der Waals surface area contributed by atoms with Crippen molar-refractivity contribution in [3.05, 3.63) is 71.4 Å². The third-order valence-corrected chi connectivity index (χ3v) is 5.30. The van der Waals surface area contributed by atoms with Crippen LogP contribution in [-0.4, -0.2) is 41.4 Å². The molecule has 0 radical (unpaired) electrons. The Bertz CT molecular complexity index is 1170. The van der Waals surface area contributed by atoms with Gasteiger partial charge >= 0.3 is 6.03 Å². The van der Waals surface area contributed by atoms with Crippen LogP contribution in [0.25, 0.3) is 10.9 Å². The van der Waals surface area contributed by atoms with Crippen molar-refractivity contribution in [1.29, 1.82) is 0 Å². The fraction of sp³-hybridized carbons (Fsp3) is 0.250. The first kappa shape index (κ1) is 25.1. The largest absolute Gasteiger partial charge is 0.370 e. The molecule has 0 aliphatic carbocycles. The molecule has 0 unspecified atom stereocenters. The number of para-hydroxylation sites is 1. The molecular formula is C24H30N8O3. The van der Waals surface area contributed by atoms with E-state index in [9.17, 15) is 14.4 Å². The van der Waals surface area contributed by atoms with Crippen molar-refractivity contribution >= 4 is 34.7 Å². The molecule has 0 spiro atoms. The number of H-pyrrole nitrogens is 1. The number of nitrogens with two attached hydrogens (primary N) is 3. The Kier molecular flexibility index (Phi) is 8.65. The van der Waals surface area contributed by atoms with Gasteiger partial charge in [-0.25, -0.2) is 4.79 Å². The number of urea groups is 1. The SMILES string of the molecule is NC(=O)NCc1ccc(CNC(=O)[C@@H](CCCN=C(N)N)NC(=O)c2cc3ccccc3[nH]2)cc1. The summed E-state index contributed by atoms with van der Waals surface area (Å²) in [5, 5.41) is 9.10. The summed E-state index contributed by atoms with van der Waals surface area (Å²) in [6.45, 7) is 0.934. The van der Waals surface area contributed by atoms with Crippen molar-refractivity contribution in [2.75, 3.05) is 6.54 Å². The molecule has 0 bridgehead atoms. The third-order valence-electron chi connectivity index (χ3n) is 5.30. The number of benzene rings is 2. The van der Waals surface area contributed by atoms with Crippen molar-refractivity contribution < 1.29 is 14.4 Å². The van der Waals surface area contributed by atoms with Crippen LogP contribution >= 0.6 is 0 Å². The van der Waals surface area contributed by atoms with Gasteiger partial charge in [0.1, 0.15) is 11.7 Å². The number of nitrogens with zero attached hydrogens (tertiary/aromatic N) is 1. The van der Waals surface area contributed by atoms with Gasteiger partial charge < -0.3 is 38.1 Å². The third kappa shape index (κ3) is 7.77. The fourth-order valence-corrected chi connectivity index (χ4v) is 3.48. The van der Waals surface area contributed by atoms with Gasteiger partial charge in [-0.1, -0.05) is 42.5 Å². The second-order valence-corrected chi connectivity index (χ2v) is 8.00. The number of aromatic amines is 1. The molecule has 0 saturated carbocycles. The summed E-state index contributed by atoms with van der Waals surface area (Å²) in [5.74, 6) is -0.726. The van der Waals surface area contributed by atoms with Crippen LogP contribution in [0.4, 0.5) is 4.79 Å². The first-order chi connectivity index (χ1) is 16.8. The standard InChI is InChI=1S/C24H30N8O3/c25-23(26)28-11-3-6-19(32-22(34)20-12-17-4-1-2-5-18(17)31-20)21(33)29-13-15-7-9-16(10-8-15)14-30-24(27)35/h1-2,4-5,7-10,12,19,31H,3,6,11,13-14H2,(H,29,33)(H,32,34)(H4,25,26,28)(H3,27,30,35)/t19-/m1/s1. The lowest BCUT2D eigenvalue weighted by atomic mass is 10.1. The Morgan fingerprint density at radius 1 is 0.914 bits per heavy atom. The van der Waals surface area contributed by atoms with E-state index in [1.807, 2.05) is 48.5 Å². The van der Waals surface area contributed by atoms with Crippen LogP contribution in [0, 0.1) is 0 Å². The highest BCUT2D eigenvalue weighted by atomic mass is 16.2. The molecule has 35 heavy (non-hydrogen) atoms. The van der Waals surface area contributed by atoms with Gasteiger partial charge in [0.2, 0.25) is 5.91 Å². The number of aliphatic imine (C=N–C) groups is 1. The van der Waals surface area contributed by atoms with E-state index < -0.39 is 12.1 Å². The zero-order valence-corrected chi connectivity index (χ0v) is 19.2. The van der Waals surface area contributed by atoms with Crippen molar-refractivity contribution in [3.8, 4) is 0 Å². The monoisotopic (exact) mass is 478 g/mol. The van der Waals surface area contributed by atoms with Crippen LogP contribution in [0.5, 0.6) is 0 Å². The van der Waals surface area contributed by atoms with E-state index in [0.717, 1.165) is 22.0 Å². The zero-order chi connectivity index (χ0) is 25.2. The van der Waals surface area contributed by atoms with E-state index in [1.54, 1.807) is 6.07 Å². The molecule has 0 aliphatic rings. The van der Waals surface area contributed by atoms with Gasteiger partial charge in [0.25, 0.3) is 5.91 Å². The molecule has 10 N–H and O–H groups in total. The van der Waals surface area contributed by atoms with E-state index >= 15 is 0 Å². The van der Waals surface area contributed by atoms with E-state index in [-0.39, 0.29) is 24.3 Å². The maximum absolute atomic E-state index is 12.9. The summed E-state index contributed by atoms with van der Waals surface area (Å²) < 4.78 is 0. The van der Waals surface area contributed by atoms with Crippen molar-refractivity contribution in [3.63, 3.8) is 0 Å². The highest BCUT2D eigenvalue weighted by Crippen LogP contribution is 2.15. The van der Waals surface area contributed by atoms with Crippen LogP contribution in [0.2, 0.25) is 0 Å². The number of fused-ring (bicyclic) bond motifs is 1. The lowest BCUT2D eigenvalue weighted by Crippen LogP contribution is -2.46. The number of hydrogen-bond acceptors (Lipinski definition) is 4. The second-order valence-electron chi connectivity index (χ2n) is 8.00. The van der Waals surface area contributed by atoms with Crippen molar-refractivity contribution in [2.24, 2.45) is 22.2 Å². The number of primary amides is 1. The van der Waals surface area contributed by atoms with Crippen molar-refractivity contribution in [2.45, 2.75) is 32.0 Å². The molecule has 1 aromatic heterocycles. The Labute approximate surface area is 202 Å². The molecule has 3 rings (SSSR count). The quantitative estimate of drug-likeness (QED) is 0.121. The van der Waals surface area contributed by atoms with Gasteiger partial charge in [-0.3, -0.25) is 14.6 Å². The minimum absolute atomic E-state index is 0.0254. The Morgan fingerprint density at radius 3 is 2.20 bits per heavy atom. The molecule has 1 heterocycles. The van der Waals surface area contributed by atoms with Crippen molar-refractivity contribution in [1.82, 2.24) is 20.9 Å². The smallest absolute Gasteiger partial charge is 0.312 e. The molecular weight excluding hydrogens is 448 g/mol. The minimum atomic E-state index is -0.776. The number of guanidine groups is 1. The average molecular weight is 479 g/mol. The topological polar surface area (TPSA) is 194 Å². The van der Waals surface area contributed by atoms with E-state index in [4.69, 9.17) is 17.2 Å². The van der Waals surface area contributed by atoms with Crippen LogP contribution in [0.3, 0.4) is 0 Å². The predicted molar refractivity (Wildman–Crippen MR) is 134 cm³/mol. The van der Waals surface area contributed by atoms with E-state index in [0.29, 0.717) is 31.6 Å². The normalized spacial score (nSPS) is 11.4. The molecule has 184 valence electrons. The second kappa shape index (κ2) is 12.1. The number of carbonyl (C=O) groups is 3. The number of carbonyl (C=O) groups excluding carboxylic acids is 3. The fourth-order valence-electron chi connectivity index (χ4n) is 3.48. The summed E-state index contributed by atoms with van der Waals surface area (Å²) in [6, 6.07) is 15.3.